The van der Waals surface area contributed by atoms with E-state index in [4.69, 9.17) is 0 Å². The molecule has 1 aliphatic rings. The fourth-order valence-corrected chi connectivity index (χ4v) is 3.79. The lowest BCUT2D eigenvalue weighted by Gasteiger charge is -2.25. The highest BCUT2D eigenvalue weighted by Gasteiger charge is 2.18. The van der Waals surface area contributed by atoms with Crippen molar-refractivity contribution in [2.45, 2.75) is 58.8 Å². The Labute approximate surface area is 165 Å². The normalized spacial score (nSPS) is 18.7. The zero-order valence-electron chi connectivity index (χ0n) is 16.7. The van der Waals surface area contributed by atoms with Gasteiger partial charge in [-0.25, -0.2) is 0 Å². The Morgan fingerprint density at radius 2 is 1.22 bits per heavy atom. The quantitative estimate of drug-likeness (QED) is 0.544. The minimum atomic E-state index is 0.587. The van der Waals surface area contributed by atoms with Crippen LogP contribution >= 0.6 is 0 Å². The molecule has 0 heterocycles. The van der Waals surface area contributed by atoms with Crippen molar-refractivity contribution in [2.75, 3.05) is 0 Å². The number of hydrogen-bond acceptors (Lipinski definition) is 0. The largest absolute Gasteiger partial charge is 0.0945 e. The first-order chi connectivity index (χ1) is 13.3. The average molecular weight is 355 g/mol. The molecular formula is C27H30. The van der Waals surface area contributed by atoms with Crippen LogP contribution in [0.3, 0.4) is 0 Å². The first-order valence-corrected chi connectivity index (χ1v) is 10.5. The first-order valence-electron chi connectivity index (χ1n) is 10.5. The summed E-state index contributed by atoms with van der Waals surface area (Å²) in [5.41, 5.74) is 4.56. The van der Waals surface area contributed by atoms with Gasteiger partial charge in [-0.15, -0.1) is 0 Å². The average Bonchev–Trinajstić information content (AvgIpc) is 2.73. The van der Waals surface area contributed by atoms with Gasteiger partial charge in [-0.2, -0.15) is 0 Å². The minimum Gasteiger partial charge on any atom is -0.0945 e. The molecule has 0 atom stereocenters. The summed E-state index contributed by atoms with van der Waals surface area (Å²) in [7, 11) is 0. The molecule has 0 saturated heterocycles. The van der Waals surface area contributed by atoms with E-state index in [1.165, 1.54) is 44.1 Å². The third-order valence-electron chi connectivity index (χ3n) is 5.56. The van der Waals surface area contributed by atoms with Crippen molar-refractivity contribution >= 4 is 0 Å². The van der Waals surface area contributed by atoms with Crippen LogP contribution < -0.4 is 0 Å². The molecule has 3 rings (SSSR count). The maximum absolute atomic E-state index is 3.50. The molecule has 0 radical (unpaired) electrons. The Balaban J connectivity index is 1.56. The highest BCUT2D eigenvalue weighted by Crippen LogP contribution is 2.31. The molecule has 0 nitrogen and oxygen atoms in total. The molecule has 2 aromatic rings. The predicted octanol–water partition coefficient (Wildman–Crippen LogP) is 6.61. The van der Waals surface area contributed by atoms with E-state index in [9.17, 15) is 0 Å². The Kier molecular flexibility index (Phi) is 7.19. The van der Waals surface area contributed by atoms with Crippen molar-refractivity contribution in [3.63, 3.8) is 0 Å². The van der Waals surface area contributed by atoms with Crippen molar-refractivity contribution in [1.29, 1.82) is 0 Å². The van der Waals surface area contributed by atoms with Crippen LogP contribution in [0.15, 0.2) is 48.5 Å². The molecule has 27 heavy (non-hydrogen) atoms. The third-order valence-corrected chi connectivity index (χ3v) is 5.56. The van der Waals surface area contributed by atoms with Gasteiger partial charge in [0.1, 0.15) is 0 Å². The minimum absolute atomic E-state index is 0.587. The molecule has 0 unspecified atom stereocenters. The maximum Gasteiger partial charge on any atom is 0.0249 e. The number of hydrogen-bond donors (Lipinski definition) is 0. The topological polar surface area (TPSA) is 0 Å². The highest BCUT2D eigenvalue weighted by molar-refractivity contribution is 5.46. The fourth-order valence-electron chi connectivity index (χ4n) is 3.79. The lowest BCUT2D eigenvalue weighted by molar-refractivity contribution is 0.300. The predicted molar refractivity (Wildman–Crippen MR) is 115 cm³/mol. The Morgan fingerprint density at radius 1 is 0.704 bits per heavy atom. The van der Waals surface area contributed by atoms with E-state index in [0.717, 1.165) is 29.0 Å². The van der Waals surface area contributed by atoms with E-state index in [-0.39, 0.29) is 0 Å². The Hall–Kier alpha value is -2.44. The molecule has 0 heteroatoms. The molecule has 0 aliphatic heterocycles. The molecule has 0 aromatic heterocycles. The van der Waals surface area contributed by atoms with Crippen LogP contribution in [-0.2, 0) is 6.42 Å². The third kappa shape index (κ3) is 6.05. The summed E-state index contributed by atoms with van der Waals surface area (Å²) in [6.07, 6.45) is 9.06. The molecule has 1 fully saturated rings. The second kappa shape index (κ2) is 10.0. The van der Waals surface area contributed by atoms with Gasteiger partial charge < -0.3 is 0 Å². The molecule has 0 amide bonds. The van der Waals surface area contributed by atoms with Gasteiger partial charge in [0.05, 0.1) is 0 Å². The van der Waals surface area contributed by atoms with E-state index in [0.29, 0.717) is 5.92 Å². The van der Waals surface area contributed by atoms with E-state index >= 15 is 0 Å². The van der Waals surface area contributed by atoms with Gasteiger partial charge in [0, 0.05) is 22.6 Å². The van der Waals surface area contributed by atoms with Gasteiger partial charge >= 0.3 is 0 Å². The molecule has 0 bridgehead atoms. The summed E-state index contributed by atoms with van der Waals surface area (Å²) in [5, 5.41) is 0. The van der Waals surface area contributed by atoms with Gasteiger partial charge in [0.25, 0.3) is 0 Å². The number of benzene rings is 2. The van der Waals surface area contributed by atoms with Crippen LogP contribution in [0.4, 0.5) is 0 Å². The van der Waals surface area contributed by atoms with Crippen molar-refractivity contribution in [1.82, 2.24) is 0 Å². The van der Waals surface area contributed by atoms with E-state index in [1.807, 2.05) is 0 Å². The van der Waals surface area contributed by atoms with Gasteiger partial charge in [-0.05, 0) is 80.0 Å². The molecule has 138 valence electrons. The summed E-state index contributed by atoms with van der Waals surface area (Å²) in [4.78, 5) is 0. The first kappa shape index (κ1) is 19.3. The molecular weight excluding hydrogens is 324 g/mol. The SMILES string of the molecule is CCCC1CCC(C#Cc2ccc(C#Cc3ccc(CC)cc3)cc2)CC1. The lowest BCUT2D eigenvalue weighted by Crippen LogP contribution is -2.13. The fraction of sp³-hybridized carbons (Fsp3) is 0.407. The van der Waals surface area contributed by atoms with Gasteiger partial charge in [-0.1, -0.05) is 62.5 Å². The summed E-state index contributed by atoms with van der Waals surface area (Å²) >= 11 is 0. The summed E-state index contributed by atoms with van der Waals surface area (Å²) in [6, 6.07) is 16.9. The van der Waals surface area contributed by atoms with E-state index in [2.05, 4.69) is 86.1 Å². The molecule has 1 saturated carbocycles. The molecule has 0 N–H and O–H groups in total. The van der Waals surface area contributed by atoms with Crippen LogP contribution in [0.25, 0.3) is 0 Å². The highest BCUT2D eigenvalue weighted by atomic mass is 14.2. The second-order valence-corrected chi connectivity index (χ2v) is 7.65. The van der Waals surface area contributed by atoms with Crippen molar-refractivity contribution < 1.29 is 0 Å². The van der Waals surface area contributed by atoms with E-state index in [1.54, 1.807) is 0 Å². The maximum atomic E-state index is 3.50. The summed E-state index contributed by atoms with van der Waals surface area (Å²) < 4.78 is 0. The second-order valence-electron chi connectivity index (χ2n) is 7.65. The van der Waals surface area contributed by atoms with Gasteiger partial charge in [-0.3, -0.25) is 0 Å². The lowest BCUT2D eigenvalue weighted by atomic mass is 9.80. The van der Waals surface area contributed by atoms with Crippen LogP contribution in [0.2, 0.25) is 0 Å². The van der Waals surface area contributed by atoms with Crippen LogP contribution in [0.5, 0.6) is 0 Å². The monoisotopic (exact) mass is 354 g/mol. The molecule has 2 aromatic carbocycles. The van der Waals surface area contributed by atoms with Crippen molar-refractivity contribution in [3.05, 3.63) is 70.8 Å². The van der Waals surface area contributed by atoms with Crippen molar-refractivity contribution in [2.24, 2.45) is 11.8 Å². The number of rotatable bonds is 3. The summed E-state index contributed by atoms with van der Waals surface area (Å²) in [6.45, 7) is 4.46. The molecule has 0 spiro atoms. The van der Waals surface area contributed by atoms with E-state index < -0.39 is 0 Å². The van der Waals surface area contributed by atoms with Crippen LogP contribution in [0.1, 0.15) is 74.6 Å². The summed E-state index contributed by atoms with van der Waals surface area (Å²) in [5.74, 6) is 14.9. The Bertz CT molecular complexity index is 823. The van der Waals surface area contributed by atoms with Gasteiger partial charge in [0.2, 0.25) is 0 Å². The Morgan fingerprint density at radius 3 is 1.74 bits per heavy atom. The van der Waals surface area contributed by atoms with Crippen molar-refractivity contribution in [3.8, 4) is 23.7 Å². The molecule has 1 aliphatic carbocycles. The standard InChI is InChI=1S/C27H30/c1-3-5-23-10-12-25(13-11-23)16-17-27-20-18-26(19-21-27)15-14-24-8-6-22(4-2)7-9-24/h6-9,18-21,23,25H,3-5,10-13H2,1-2H3. The van der Waals surface area contributed by atoms with Crippen LogP contribution in [-0.4, -0.2) is 0 Å². The smallest absolute Gasteiger partial charge is 0.0249 e. The zero-order valence-corrected chi connectivity index (χ0v) is 16.7. The number of aryl methyl sites for hydroxylation is 1. The zero-order chi connectivity index (χ0) is 18.9. The van der Waals surface area contributed by atoms with Crippen LogP contribution in [0, 0.1) is 35.5 Å². The van der Waals surface area contributed by atoms with Gasteiger partial charge in [0.15, 0.2) is 0 Å².